The van der Waals surface area contributed by atoms with Crippen LogP contribution < -0.4 is 20.1 Å². The van der Waals surface area contributed by atoms with Crippen LogP contribution in [-0.4, -0.2) is 52.2 Å². The molecule has 0 spiro atoms. The Bertz CT molecular complexity index is 712. The van der Waals surface area contributed by atoms with E-state index in [0.29, 0.717) is 12.5 Å². The Kier molecular flexibility index (Phi) is 4.35. The number of nitrogens with one attached hydrogen (secondary N) is 1. The van der Waals surface area contributed by atoms with Crippen molar-refractivity contribution in [3.63, 3.8) is 0 Å². The van der Waals surface area contributed by atoms with Gasteiger partial charge >= 0.3 is 17.7 Å². The van der Waals surface area contributed by atoms with Crippen molar-refractivity contribution in [1.29, 1.82) is 0 Å². The first-order valence-electron chi connectivity index (χ1n) is 7.34. The second kappa shape index (κ2) is 6.59. The zero-order valence-corrected chi connectivity index (χ0v) is 13.0. The van der Waals surface area contributed by atoms with Gasteiger partial charge in [0.1, 0.15) is 0 Å². The van der Waals surface area contributed by atoms with Crippen LogP contribution in [0.25, 0.3) is 0 Å². The lowest BCUT2D eigenvalue weighted by atomic mass is 9.95. The summed E-state index contributed by atoms with van der Waals surface area (Å²) in [7, 11) is 3.00. The summed E-state index contributed by atoms with van der Waals surface area (Å²) in [6.07, 6.45) is 3.48. The minimum Gasteiger partial charge on any atom is -0.467 e. The van der Waals surface area contributed by atoms with E-state index in [1.165, 1.54) is 20.4 Å². The van der Waals surface area contributed by atoms with Crippen molar-refractivity contribution >= 4 is 5.95 Å². The van der Waals surface area contributed by atoms with Crippen molar-refractivity contribution in [2.75, 3.05) is 32.2 Å². The van der Waals surface area contributed by atoms with E-state index in [2.05, 4.69) is 24.9 Å². The molecule has 1 aliphatic heterocycles. The monoisotopic (exact) mass is 318 g/mol. The molecule has 0 amide bonds. The number of anilines is 1. The van der Waals surface area contributed by atoms with E-state index >= 15 is 0 Å². The molecule has 1 aliphatic rings. The van der Waals surface area contributed by atoms with Crippen LogP contribution in [0, 0.1) is 0 Å². The van der Waals surface area contributed by atoms with Crippen LogP contribution in [-0.2, 0) is 0 Å². The van der Waals surface area contributed by atoms with E-state index in [0.717, 1.165) is 25.1 Å². The number of nitrogens with zero attached hydrogens (tertiary/aromatic N) is 5. The average Bonchev–Trinajstić information content (AvgIpc) is 2.61. The first kappa shape index (κ1) is 15.2. The number of hydrogen-bond acceptors (Lipinski definition) is 8. The molecule has 3 rings (SSSR count). The topological polar surface area (TPSA) is 106 Å². The van der Waals surface area contributed by atoms with Gasteiger partial charge in [-0.2, -0.15) is 9.97 Å². The maximum atomic E-state index is 11.4. The lowest BCUT2D eigenvalue weighted by molar-refractivity contribution is 0.338. The largest absolute Gasteiger partial charge is 0.467 e. The quantitative estimate of drug-likeness (QED) is 0.861. The number of hydrogen-bond donors (Lipinski definition) is 1. The second-order valence-electron chi connectivity index (χ2n) is 5.22. The Morgan fingerprint density at radius 1 is 1.22 bits per heavy atom. The molecule has 0 radical (unpaired) electrons. The van der Waals surface area contributed by atoms with Gasteiger partial charge in [-0.1, -0.05) is 0 Å². The second-order valence-corrected chi connectivity index (χ2v) is 5.22. The molecule has 1 fully saturated rings. The number of piperidine rings is 1. The van der Waals surface area contributed by atoms with Crippen LogP contribution in [0.15, 0.2) is 17.1 Å². The molecule has 9 heteroatoms. The lowest BCUT2D eigenvalue weighted by Gasteiger charge is -2.32. The van der Waals surface area contributed by atoms with Gasteiger partial charge in [0.25, 0.3) is 0 Å². The Morgan fingerprint density at radius 3 is 2.61 bits per heavy atom. The molecule has 0 saturated carbocycles. The van der Waals surface area contributed by atoms with Gasteiger partial charge in [-0.05, 0) is 18.9 Å². The summed E-state index contributed by atoms with van der Waals surface area (Å²) in [5.41, 5.74) is 0.547. The summed E-state index contributed by atoms with van der Waals surface area (Å²) in [4.78, 5) is 32.5. The zero-order chi connectivity index (χ0) is 16.2. The van der Waals surface area contributed by atoms with E-state index in [4.69, 9.17) is 9.47 Å². The van der Waals surface area contributed by atoms with Gasteiger partial charge in [-0.3, -0.25) is 0 Å². The Balaban J connectivity index is 1.85. The minimum atomic E-state index is -0.330. The third kappa shape index (κ3) is 3.38. The Morgan fingerprint density at radius 2 is 1.96 bits per heavy atom. The highest BCUT2D eigenvalue weighted by Gasteiger charge is 2.25. The first-order chi connectivity index (χ1) is 11.2. The van der Waals surface area contributed by atoms with Crippen LogP contribution in [0.5, 0.6) is 12.0 Å². The third-order valence-corrected chi connectivity index (χ3v) is 3.79. The highest BCUT2D eigenvalue weighted by atomic mass is 16.5. The van der Waals surface area contributed by atoms with Gasteiger partial charge in [0.2, 0.25) is 5.95 Å². The maximum Gasteiger partial charge on any atom is 0.345 e. The summed E-state index contributed by atoms with van der Waals surface area (Å²) in [5, 5.41) is 0. The van der Waals surface area contributed by atoms with Crippen molar-refractivity contribution in [1.82, 2.24) is 24.9 Å². The van der Waals surface area contributed by atoms with Gasteiger partial charge in [0, 0.05) is 30.9 Å². The highest BCUT2D eigenvalue weighted by Crippen LogP contribution is 2.28. The predicted octanol–water partition coefficient (Wildman–Crippen LogP) is 0.356. The Hall–Kier alpha value is -2.71. The molecule has 0 bridgehead atoms. The van der Waals surface area contributed by atoms with Gasteiger partial charge in [0.15, 0.2) is 0 Å². The lowest BCUT2D eigenvalue weighted by Crippen LogP contribution is -2.36. The van der Waals surface area contributed by atoms with Crippen LogP contribution >= 0.6 is 0 Å². The van der Waals surface area contributed by atoms with E-state index < -0.39 is 0 Å². The number of methoxy groups -OCH3 is 2. The number of ether oxygens (including phenoxy) is 2. The molecule has 1 unspecified atom stereocenters. The van der Waals surface area contributed by atoms with E-state index in [9.17, 15) is 4.79 Å². The molecule has 23 heavy (non-hydrogen) atoms. The number of aromatic nitrogens is 5. The molecule has 2 aromatic rings. The fourth-order valence-corrected chi connectivity index (χ4v) is 2.69. The fourth-order valence-electron chi connectivity index (χ4n) is 2.69. The van der Waals surface area contributed by atoms with Gasteiger partial charge < -0.3 is 19.4 Å². The van der Waals surface area contributed by atoms with E-state index in [1.54, 1.807) is 0 Å². The standard InChI is InChI=1S/C14H18N6O3/c1-22-13-17-11(18-14(19-13)23-2)20-7-3-4-9(8-20)10-5-6-15-12(21)16-10/h5-6,9H,3-4,7-8H2,1-2H3,(H,15,16,21). The molecular formula is C14H18N6O3. The molecule has 2 aromatic heterocycles. The van der Waals surface area contributed by atoms with Gasteiger partial charge in [-0.25, -0.2) is 9.78 Å². The van der Waals surface area contributed by atoms with E-state index in [-0.39, 0.29) is 23.6 Å². The van der Waals surface area contributed by atoms with Crippen molar-refractivity contribution in [2.24, 2.45) is 0 Å². The summed E-state index contributed by atoms with van der Waals surface area (Å²) < 4.78 is 10.2. The number of rotatable bonds is 4. The van der Waals surface area contributed by atoms with Crippen molar-refractivity contribution < 1.29 is 9.47 Å². The van der Waals surface area contributed by atoms with Crippen molar-refractivity contribution in [3.05, 3.63) is 28.4 Å². The first-order valence-corrected chi connectivity index (χ1v) is 7.34. The van der Waals surface area contributed by atoms with Crippen LogP contribution in [0.2, 0.25) is 0 Å². The van der Waals surface area contributed by atoms with Crippen molar-refractivity contribution in [2.45, 2.75) is 18.8 Å². The predicted molar refractivity (Wildman–Crippen MR) is 82.0 cm³/mol. The Labute approximate surface area is 132 Å². The third-order valence-electron chi connectivity index (χ3n) is 3.79. The molecule has 1 N–H and O–H groups in total. The average molecular weight is 318 g/mol. The van der Waals surface area contributed by atoms with Crippen LogP contribution in [0.1, 0.15) is 24.5 Å². The molecule has 1 atom stereocenters. The molecule has 1 saturated heterocycles. The van der Waals surface area contributed by atoms with Gasteiger partial charge in [0.05, 0.1) is 14.2 Å². The summed E-state index contributed by atoms with van der Waals surface area (Å²) >= 11 is 0. The normalized spacial score (nSPS) is 17.8. The smallest absolute Gasteiger partial charge is 0.345 e. The molecule has 122 valence electrons. The maximum absolute atomic E-state index is 11.4. The molecule has 0 aromatic carbocycles. The minimum absolute atomic E-state index is 0.188. The molecule has 0 aliphatic carbocycles. The summed E-state index contributed by atoms with van der Waals surface area (Å²) in [6, 6.07) is 2.27. The van der Waals surface area contributed by atoms with Crippen molar-refractivity contribution in [3.8, 4) is 12.0 Å². The highest BCUT2D eigenvalue weighted by molar-refractivity contribution is 5.34. The van der Waals surface area contributed by atoms with Gasteiger partial charge in [-0.15, -0.1) is 4.98 Å². The molecule has 9 nitrogen and oxygen atoms in total. The number of H-pyrrole nitrogens is 1. The van der Waals surface area contributed by atoms with Crippen LogP contribution in [0.4, 0.5) is 5.95 Å². The fraction of sp³-hybridized carbons (Fsp3) is 0.500. The zero-order valence-electron chi connectivity index (χ0n) is 13.0. The summed E-state index contributed by atoms with van der Waals surface area (Å²) in [6.45, 7) is 1.51. The summed E-state index contributed by atoms with van der Waals surface area (Å²) in [5.74, 6) is 0.697. The van der Waals surface area contributed by atoms with E-state index in [1.807, 2.05) is 11.0 Å². The molecule has 3 heterocycles. The van der Waals surface area contributed by atoms with Crippen LogP contribution in [0.3, 0.4) is 0 Å². The molecular weight excluding hydrogens is 300 g/mol. The SMILES string of the molecule is COc1nc(OC)nc(N2CCCC(c3ccnc(=O)[nH]3)C2)n1. The number of aromatic amines is 1.